The summed E-state index contributed by atoms with van der Waals surface area (Å²) in [5.74, 6) is 0.483. The number of carbonyl (C=O) groups excluding carboxylic acids is 1. The first-order chi connectivity index (χ1) is 21.1. The van der Waals surface area contributed by atoms with Gasteiger partial charge in [0.05, 0.1) is 0 Å². The van der Waals surface area contributed by atoms with E-state index >= 15 is 0 Å². The van der Waals surface area contributed by atoms with Gasteiger partial charge in [0, 0.05) is 28.5 Å². The maximum Gasteiger partial charge on any atom is 0.512 e. The van der Waals surface area contributed by atoms with Crippen molar-refractivity contribution < 1.29 is 28.0 Å². The van der Waals surface area contributed by atoms with Crippen LogP contribution in [0, 0.1) is 3.57 Å². The molecule has 0 aliphatic heterocycles. The van der Waals surface area contributed by atoms with Crippen molar-refractivity contribution in [1.29, 1.82) is 0 Å². The fourth-order valence-corrected chi connectivity index (χ4v) is 4.87. The highest BCUT2D eigenvalue weighted by Crippen LogP contribution is 2.33. The van der Waals surface area contributed by atoms with Crippen molar-refractivity contribution in [3.8, 4) is 11.6 Å². The average Bonchev–Trinajstić information content (AvgIpc) is 3.01. The quantitative estimate of drug-likeness (QED) is 0.117. The van der Waals surface area contributed by atoms with Crippen LogP contribution in [0.3, 0.4) is 0 Å². The largest absolute Gasteiger partial charge is 0.512 e. The summed E-state index contributed by atoms with van der Waals surface area (Å²) in [6, 6.07) is 27.4. The van der Waals surface area contributed by atoms with Gasteiger partial charge in [-0.2, -0.15) is 4.79 Å². The molecule has 0 aliphatic rings. The van der Waals surface area contributed by atoms with E-state index in [0.717, 1.165) is 20.3 Å². The lowest BCUT2D eigenvalue weighted by molar-refractivity contribution is -0.600. The summed E-state index contributed by atoms with van der Waals surface area (Å²) in [6.07, 6.45) is 1.22. The molecule has 4 rings (SSSR count). The topological polar surface area (TPSA) is 73.6 Å². The van der Waals surface area contributed by atoms with Crippen molar-refractivity contribution in [2.24, 2.45) is 0 Å². The summed E-state index contributed by atoms with van der Waals surface area (Å²) < 4.78 is 34.5. The zero-order valence-electron chi connectivity index (χ0n) is 25.6. The van der Waals surface area contributed by atoms with Gasteiger partial charge in [0.1, 0.15) is 25.5 Å². The summed E-state index contributed by atoms with van der Waals surface area (Å²) in [6.45, 7) is 7.75. The van der Waals surface area contributed by atoms with Gasteiger partial charge in [-0.25, -0.2) is 4.39 Å². The van der Waals surface area contributed by atoms with Gasteiger partial charge in [0.2, 0.25) is 0 Å². The van der Waals surface area contributed by atoms with Gasteiger partial charge in [-0.1, -0.05) is 72.8 Å². The van der Waals surface area contributed by atoms with Crippen LogP contribution < -0.4 is 19.4 Å². The number of benzene rings is 3. The van der Waals surface area contributed by atoms with E-state index in [9.17, 15) is 9.18 Å². The summed E-state index contributed by atoms with van der Waals surface area (Å²) in [4.78, 5) is 18.2. The summed E-state index contributed by atoms with van der Waals surface area (Å²) >= 11 is 2.27. The molecule has 44 heavy (non-hydrogen) atoms. The number of ether oxygens (including phenoxy) is 3. The Hall–Kier alpha value is -3.57. The van der Waals surface area contributed by atoms with Crippen LogP contribution in [0.5, 0.6) is 11.6 Å². The van der Waals surface area contributed by atoms with Crippen LogP contribution in [0.4, 0.5) is 9.18 Å². The molecule has 0 saturated carbocycles. The Kier molecular flexibility index (Phi) is 12.1. The summed E-state index contributed by atoms with van der Waals surface area (Å²) in [5, 5.41) is 3.30. The van der Waals surface area contributed by atoms with Crippen LogP contribution in [0.1, 0.15) is 56.0 Å². The maximum absolute atomic E-state index is 13.6. The second kappa shape index (κ2) is 15.9. The molecule has 1 N–H and O–H groups in total. The molecule has 232 valence electrons. The zero-order chi connectivity index (χ0) is 31.5. The van der Waals surface area contributed by atoms with Crippen LogP contribution in [0.25, 0.3) is 0 Å². The van der Waals surface area contributed by atoms with Crippen LogP contribution >= 0.6 is 22.6 Å². The van der Waals surface area contributed by atoms with Gasteiger partial charge in [0.15, 0.2) is 5.69 Å². The van der Waals surface area contributed by atoms with Gasteiger partial charge in [-0.3, -0.25) is 0 Å². The number of aromatic nitrogens is 2. The van der Waals surface area contributed by atoms with Crippen molar-refractivity contribution in [3.63, 3.8) is 0 Å². The number of hydrogen-bond donors (Lipinski definition) is 1. The van der Waals surface area contributed by atoms with Gasteiger partial charge in [-0.15, -0.1) is 4.57 Å². The number of hydrogen-bond acceptors (Lipinski definition) is 6. The fourth-order valence-electron chi connectivity index (χ4n) is 4.51. The molecule has 0 radical (unpaired) electrons. The van der Waals surface area contributed by atoms with E-state index in [0.29, 0.717) is 24.4 Å². The van der Waals surface area contributed by atoms with Gasteiger partial charge < -0.3 is 19.5 Å². The molecule has 0 aliphatic carbocycles. The monoisotopic (exact) mass is 712 g/mol. The van der Waals surface area contributed by atoms with E-state index in [1.54, 1.807) is 0 Å². The number of rotatable bonds is 13. The van der Waals surface area contributed by atoms with Gasteiger partial charge in [-0.05, 0) is 84.1 Å². The van der Waals surface area contributed by atoms with E-state index in [1.807, 2.05) is 100 Å². The Balaban J connectivity index is 1.81. The highest BCUT2D eigenvalue weighted by molar-refractivity contribution is 14.1. The SMILES string of the molecule is C[C@@H](CF)NCC(Cc1c(OCc2ccccc2)c(OCc2ccccc2)nc[n+]1C(=O)OC(C)(C)C)c1ccc(I)cc1. The molecule has 0 saturated heterocycles. The van der Waals surface area contributed by atoms with Crippen molar-refractivity contribution in [2.45, 2.75) is 64.9 Å². The molecule has 0 amide bonds. The Bertz CT molecular complexity index is 1480. The van der Waals surface area contributed by atoms with E-state index in [-0.39, 0.29) is 31.1 Å². The Morgan fingerprint density at radius 1 is 0.932 bits per heavy atom. The molecular weight excluding hydrogens is 672 g/mol. The molecule has 0 spiro atoms. The Labute approximate surface area is 272 Å². The van der Waals surface area contributed by atoms with Crippen molar-refractivity contribution in [1.82, 2.24) is 10.3 Å². The number of nitrogens with zero attached hydrogens (tertiary/aromatic N) is 2. The van der Waals surface area contributed by atoms with Crippen molar-refractivity contribution >= 4 is 28.7 Å². The second-order valence-electron chi connectivity index (χ2n) is 11.6. The minimum atomic E-state index is -0.734. The third-order valence-corrected chi connectivity index (χ3v) is 7.52. The van der Waals surface area contributed by atoms with Crippen LogP contribution in [0.2, 0.25) is 0 Å². The lowest BCUT2D eigenvalue weighted by Crippen LogP contribution is -2.50. The number of carbonyl (C=O) groups is 1. The molecule has 2 atom stereocenters. The lowest BCUT2D eigenvalue weighted by Gasteiger charge is -2.23. The van der Waals surface area contributed by atoms with E-state index in [2.05, 4.69) is 45.0 Å². The summed E-state index contributed by atoms with van der Waals surface area (Å²) in [7, 11) is 0. The smallest absolute Gasteiger partial charge is 0.479 e. The predicted octanol–water partition coefficient (Wildman–Crippen LogP) is 7.19. The molecule has 3 aromatic carbocycles. The summed E-state index contributed by atoms with van der Waals surface area (Å²) in [5.41, 5.74) is 2.77. The van der Waals surface area contributed by atoms with Crippen LogP contribution in [-0.2, 0) is 24.4 Å². The second-order valence-corrected chi connectivity index (χ2v) is 12.9. The van der Waals surface area contributed by atoms with Crippen molar-refractivity contribution in [2.75, 3.05) is 13.2 Å². The number of alkyl halides is 1. The molecule has 4 aromatic rings. The predicted molar refractivity (Wildman–Crippen MR) is 177 cm³/mol. The molecule has 1 unspecified atom stereocenters. The standard InChI is InChI=1S/C35H40FIN3O4/c1-25(20-36)38-21-29(28-15-17-30(37)18-16-28)19-31-32(42-22-26-11-7-5-8-12-26)33(43-23-27-13-9-6-10-14-27)39-24-40(31)34(41)44-35(2,3)4/h5-18,24-25,29,38H,19-23H2,1-4H3/q+1/t25-,29?/m0/s1. The Morgan fingerprint density at radius 2 is 1.52 bits per heavy atom. The molecule has 7 nitrogen and oxygen atoms in total. The number of halogens is 2. The molecule has 1 heterocycles. The van der Waals surface area contributed by atoms with Gasteiger partial charge >= 0.3 is 18.3 Å². The average molecular weight is 713 g/mol. The molecule has 0 bridgehead atoms. The van der Waals surface area contributed by atoms with Gasteiger partial charge in [0.25, 0.3) is 5.75 Å². The highest BCUT2D eigenvalue weighted by atomic mass is 127. The van der Waals surface area contributed by atoms with E-state index in [4.69, 9.17) is 14.2 Å². The van der Waals surface area contributed by atoms with Crippen LogP contribution in [0.15, 0.2) is 91.3 Å². The van der Waals surface area contributed by atoms with E-state index < -0.39 is 18.4 Å². The normalized spacial score (nSPS) is 12.8. The third-order valence-electron chi connectivity index (χ3n) is 6.80. The lowest BCUT2D eigenvalue weighted by atomic mass is 9.93. The minimum Gasteiger partial charge on any atom is -0.479 e. The fraction of sp³-hybridized carbons (Fsp3) is 0.343. The van der Waals surface area contributed by atoms with E-state index in [1.165, 1.54) is 10.9 Å². The maximum atomic E-state index is 13.6. The first kappa shape index (κ1) is 33.3. The molecule has 0 fully saturated rings. The van der Waals surface area contributed by atoms with Crippen LogP contribution in [-0.4, -0.2) is 35.9 Å². The third kappa shape index (κ3) is 9.99. The molecule has 1 aromatic heterocycles. The Morgan fingerprint density at radius 3 is 2.09 bits per heavy atom. The zero-order valence-corrected chi connectivity index (χ0v) is 27.8. The number of nitrogens with one attached hydrogen (secondary N) is 1. The minimum absolute atomic E-state index is 0.141. The van der Waals surface area contributed by atoms with Crippen molar-refractivity contribution in [3.05, 3.63) is 117 Å². The molecular formula is C35H40FIN3O4+. The molecule has 9 heteroatoms. The highest BCUT2D eigenvalue weighted by Gasteiger charge is 2.33. The first-order valence-electron chi connectivity index (χ1n) is 14.7. The first-order valence-corrected chi connectivity index (χ1v) is 15.8.